The lowest BCUT2D eigenvalue weighted by atomic mass is 10.0. The molecule has 0 radical (unpaired) electrons. The van der Waals surface area contributed by atoms with Crippen LogP contribution in [0.3, 0.4) is 0 Å². The molecule has 1 aliphatic rings. The summed E-state index contributed by atoms with van der Waals surface area (Å²) in [6.45, 7) is 6.01. The van der Waals surface area contributed by atoms with Gasteiger partial charge in [-0.3, -0.25) is 4.79 Å². The number of carbonyl (C=O) groups is 1. The molecule has 4 rings (SSSR count). The number of halogens is 1. The number of carbonyl (C=O) groups excluding carboxylic acids is 1. The first-order valence-corrected chi connectivity index (χ1v) is 10.8. The molecule has 3 nitrogen and oxygen atoms in total. The highest BCUT2D eigenvalue weighted by Gasteiger charge is 2.19. The summed E-state index contributed by atoms with van der Waals surface area (Å²) in [7, 11) is 0. The summed E-state index contributed by atoms with van der Waals surface area (Å²) in [5.74, 6) is -0.347. The van der Waals surface area contributed by atoms with E-state index < -0.39 is 0 Å². The van der Waals surface area contributed by atoms with Gasteiger partial charge in [0.25, 0.3) is 0 Å². The molecule has 0 aliphatic carbocycles. The largest absolute Gasteiger partial charge is 0.367 e. The second-order valence-corrected chi connectivity index (χ2v) is 8.64. The number of nitrogens with one attached hydrogen (secondary N) is 1. The summed E-state index contributed by atoms with van der Waals surface area (Å²) in [6.07, 6.45) is 1.74. The zero-order chi connectivity index (χ0) is 20.4. The van der Waals surface area contributed by atoms with Gasteiger partial charge in [-0.05, 0) is 78.6 Å². The summed E-state index contributed by atoms with van der Waals surface area (Å²) in [5, 5.41) is 5.20. The molecule has 1 N–H and O–H groups in total. The van der Waals surface area contributed by atoms with Crippen LogP contribution in [0.5, 0.6) is 0 Å². The number of amides is 1. The maximum Gasteiger partial charge on any atom is 0.224 e. The van der Waals surface area contributed by atoms with Crippen molar-refractivity contribution in [1.29, 1.82) is 0 Å². The number of hydrogen-bond acceptors (Lipinski definition) is 3. The molecule has 0 bridgehead atoms. The zero-order valence-electron chi connectivity index (χ0n) is 16.8. The Morgan fingerprint density at radius 2 is 1.93 bits per heavy atom. The summed E-state index contributed by atoms with van der Waals surface area (Å²) >= 11 is 1.84. The van der Waals surface area contributed by atoms with Gasteiger partial charge in [-0.15, -0.1) is 11.3 Å². The zero-order valence-corrected chi connectivity index (χ0v) is 17.6. The van der Waals surface area contributed by atoms with Gasteiger partial charge in [0.1, 0.15) is 5.82 Å². The van der Waals surface area contributed by atoms with E-state index in [0.29, 0.717) is 12.0 Å². The Hall–Kier alpha value is -2.66. The maximum absolute atomic E-state index is 13.8. The normalized spacial score (nSPS) is 13.3. The van der Waals surface area contributed by atoms with E-state index in [-0.39, 0.29) is 18.1 Å². The first kappa shape index (κ1) is 19.6. The van der Waals surface area contributed by atoms with E-state index in [2.05, 4.69) is 33.8 Å². The summed E-state index contributed by atoms with van der Waals surface area (Å²) in [5.41, 5.74) is 6.15. The topological polar surface area (TPSA) is 32.3 Å². The lowest BCUT2D eigenvalue weighted by molar-refractivity contribution is -0.116. The fourth-order valence-corrected chi connectivity index (χ4v) is 4.83. The highest BCUT2D eigenvalue weighted by molar-refractivity contribution is 7.10. The Morgan fingerprint density at radius 1 is 1.17 bits per heavy atom. The molecule has 2 aromatic carbocycles. The number of aryl methyl sites for hydroxylation is 3. The number of nitrogens with zero attached hydrogens (tertiary/aromatic N) is 1. The molecule has 0 atom stereocenters. The van der Waals surface area contributed by atoms with Crippen LogP contribution in [0.2, 0.25) is 0 Å². The standard InChI is InChI=1S/C24H25FN2OS/c1-16-13-20(27-11-9-22-19(15-27)10-12-29-22)14-17(2)24(16)26-23(28)8-7-18-5-3-4-6-21(18)25/h3-6,10,12-14H,7-9,11,15H2,1-2H3,(H,26,28). The van der Waals surface area contributed by atoms with E-state index in [1.165, 1.54) is 22.2 Å². The first-order chi connectivity index (χ1) is 14.0. The quantitative estimate of drug-likeness (QED) is 0.593. The van der Waals surface area contributed by atoms with Gasteiger partial charge in [0, 0.05) is 35.8 Å². The molecule has 0 saturated heterocycles. The summed E-state index contributed by atoms with van der Waals surface area (Å²) < 4.78 is 13.8. The van der Waals surface area contributed by atoms with Crippen molar-refractivity contribution in [2.24, 2.45) is 0 Å². The van der Waals surface area contributed by atoms with Gasteiger partial charge in [-0.25, -0.2) is 4.39 Å². The second-order valence-electron chi connectivity index (χ2n) is 7.63. The monoisotopic (exact) mass is 408 g/mol. The van der Waals surface area contributed by atoms with Gasteiger partial charge >= 0.3 is 0 Å². The van der Waals surface area contributed by atoms with Crippen LogP contribution >= 0.6 is 11.3 Å². The van der Waals surface area contributed by atoms with E-state index in [0.717, 1.165) is 36.3 Å². The molecule has 29 heavy (non-hydrogen) atoms. The fourth-order valence-electron chi connectivity index (χ4n) is 3.94. The van der Waals surface area contributed by atoms with E-state index in [4.69, 9.17) is 0 Å². The Balaban J connectivity index is 1.43. The van der Waals surface area contributed by atoms with Crippen LogP contribution in [-0.4, -0.2) is 12.5 Å². The van der Waals surface area contributed by atoms with Crippen molar-refractivity contribution >= 4 is 28.6 Å². The molecule has 0 fully saturated rings. The number of anilines is 2. The minimum absolute atomic E-state index is 0.0897. The molecule has 3 aromatic rings. The number of rotatable bonds is 5. The third kappa shape index (κ3) is 4.35. The molecule has 150 valence electrons. The SMILES string of the molecule is Cc1cc(N2CCc3sccc3C2)cc(C)c1NC(=O)CCc1ccccc1F. The van der Waals surface area contributed by atoms with Crippen molar-refractivity contribution in [3.05, 3.63) is 80.8 Å². The van der Waals surface area contributed by atoms with Crippen LogP contribution in [0.25, 0.3) is 0 Å². The lowest BCUT2D eigenvalue weighted by Gasteiger charge is -2.30. The third-order valence-electron chi connectivity index (χ3n) is 5.53. The average Bonchev–Trinajstić information content (AvgIpc) is 3.18. The van der Waals surface area contributed by atoms with E-state index >= 15 is 0 Å². The highest BCUT2D eigenvalue weighted by Crippen LogP contribution is 2.32. The highest BCUT2D eigenvalue weighted by atomic mass is 32.1. The van der Waals surface area contributed by atoms with Gasteiger partial charge in [-0.2, -0.15) is 0 Å². The van der Waals surface area contributed by atoms with Gasteiger partial charge in [0.2, 0.25) is 5.91 Å². The van der Waals surface area contributed by atoms with Gasteiger partial charge < -0.3 is 10.2 Å². The van der Waals surface area contributed by atoms with Crippen LogP contribution in [0.4, 0.5) is 15.8 Å². The molecule has 0 spiro atoms. The number of thiophene rings is 1. The third-order valence-corrected chi connectivity index (χ3v) is 6.56. The second kappa shape index (κ2) is 8.37. The van der Waals surface area contributed by atoms with Crippen LogP contribution in [-0.2, 0) is 24.2 Å². The lowest BCUT2D eigenvalue weighted by Crippen LogP contribution is -2.29. The molecule has 1 amide bonds. The minimum atomic E-state index is -0.257. The molecule has 2 heterocycles. The van der Waals surface area contributed by atoms with Gasteiger partial charge in [0.05, 0.1) is 0 Å². The van der Waals surface area contributed by atoms with Crippen LogP contribution in [0, 0.1) is 19.7 Å². The Morgan fingerprint density at radius 3 is 2.69 bits per heavy atom. The van der Waals surface area contributed by atoms with Crippen molar-refractivity contribution in [1.82, 2.24) is 0 Å². The molecular weight excluding hydrogens is 383 g/mol. The summed E-state index contributed by atoms with van der Waals surface area (Å²) in [4.78, 5) is 16.3. The molecule has 1 aliphatic heterocycles. The Bertz CT molecular complexity index is 1020. The van der Waals surface area contributed by atoms with Crippen molar-refractivity contribution in [2.75, 3.05) is 16.8 Å². The van der Waals surface area contributed by atoms with Gasteiger partial charge in [-0.1, -0.05) is 18.2 Å². The van der Waals surface area contributed by atoms with E-state index in [1.54, 1.807) is 18.2 Å². The first-order valence-electron chi connectivity index (χ1n) is 9.96. The van der Waals surface area contributed by atoms with E-state index in [1.807, 2.05) is 25.2 Å². The van der Waals surface area contributed by atoms with E-state index in [9.17, 15) is 9.18 Å². The van der Waals surface area contributed by atoms with Gasteiger partial charge in [0.15, 0.2) is 0 Å². The number of fused-ring (bicyclic) bond motifs is 1. The smallest absolute Gasteiger partial charge is 0.224 e. The Kier molecular flexibility index (Phi) is 5.67. The number of benzene rings is 2. The van der Waals surface area contributed by atoms with Crippen LogP contribution in [0.1, 0.15) is 33.6 Å². The molecule has 0 saturated carbocycles. The minimum Gasteiger partial charge on any atom is -0.367 e. The average molecular weight is 409 g/mol. The van der Waals surface area contributed by atoms with Crippen molar-refractivity contribution in [3.63, 3.8) is 0 Å². The molecule has 1 aromatic heterocycles. The maximum atomic E-state index is 13.8. The molecular formula is C24H25FN2OS. The fraction of sp³-hybridized carbons (Fsp3) is 0.292. The van der Waals surface area contributed by atoms with Crippen LogP contribution in [0.15, 0.2) is 47.8 Å². The Labute approximate surface area is 175 Å². The predicted octanol–water partition coefficient (Wildman–Crippen LogP) is 5.64. The molecule has 0 unspecified atom stereocenters. The van der Waals surface area contributed by atoms with Crippen molar-refractivity contribution < 1.29 is 9.18 Å². The van der Waals surface area contributed by atoms with Crippen molar-refractivity contribution in [2.45, 2.75) is 39.7 Å². The summed E-state index contributed by atoms with van der Waals surface area (Å²) in [6, 6.07) is 13.1. The number of hydrogen-bond donors (Lipinski definition) is 1. The predicted molar refractivity (Wildman–Crippen MR) is 118 cm³/mol. The van der Waals surface area contributed by atoms with Crippen molar-refractivity contribution in [3.8, 4) is 0 Å². The molecule has 5 heteroatoms. The van der Waals surface area contributed by atoms with Crippen LogP contribution < -0.4 is 10.2 Å².